The number of carbonyl (C=O) groups is 3. The lowest BCUT2D eigenvalue weighted by molar-refractivity contribution is -0.214. The third kappa shape index (κ3) is 2.67. The Labute approximate surface area is 173 Å². The van der Waals surface area contributed by atoms with Crippen LogP contribution < -0.4 is 0 Å². The van der Waals surface area contributed by atoms with E-state index in [2.05, 4.69) is 13.0 Å². The summed E-state index contributed by atoms with van der Waals surface area (Å²) >= 11 is 0. The molecule has 0 aliphatic heterocycles. The molecule has 0 aromatic carbocycles. The first-order chi connectivity index (χ1) is 14.0. The number of allylic oxidation sites excluding steroid dienone is 4. The zero-order valence-electron chi connectivity index (χ0n) is 17.5. The van der Waals surface area contributed by atoms with E-state index in [1.54, 1.807) is 0 Å². The number of hydrogen-bond acceptors (Lipinski definition) is 4. The van der Waals surface area contributed by atoms with E-state index in [9.17, 15) is 14.4 Å². The van der Waals surface area contributed by atoms with Gasteiger partial charge in [0.25, 0.3) is 0 Å². The number of carbonyl (C=O) groups excluding carboxylic acids is 3. The Balaban J connectivity index is 1.37. The van der Waals surface area contributed by atoms with Crippen molar-refractivity contribution in [2.75, 3.05) is 0 Å². The van der Waals surface area contributed by atoms with Gasteiger partial charge in [0.15, 0.2) is 17.2 Å². The number of esters is 1. The molecule has 1 spiro atoms. The van der Waals surface area contributed by atoms with Crippen molar-refractivity contribution < 1.29 is 19.1 Å². The quantitative estimate of drug-likeness (QED) is 0.492. The Morgan fingerprint density at radius 2 is 2.03 bits per heavy atom. The maximum absolute atomic E-state index is 12.8. The minimum absolute atomic E-state index is 0.113. The maximum atomic E-state index is 12.8. The predicted octanol–water partition coefficient (Wildman–Crippen LogP) is 4.86. The standard InChI is InChI=1S/C25H32O4/c1-2-3-4-5-23(28)29-25-13-11-21-20-8-6-16-14-17(26)7-9-18(16)19(20)10-12-24(21,25)15-22(25)27/h9,14,19-21H,2-8,10-13,15H2,1H3/t19?,20?,21?,24-,25+/m0/s1. The highest BCUT2D eigenvalue weighted by atomic mass is 16.6. The zero-order valence-corrected chi connectivity index (χ0v) is 17.5. The second-order valence-corrected chi connectivity index (χ2v) is 10.0. The summed E-state index contributed by atoms with van der Waals surface area (Å²) < 4.78 is 6.06. The molecule has 0 saturated heterocycles. The van der Waals surface area contributed by atoms with Crippen LogP contribution in [0.1, 0.15) is 84.0 Å². The molecule has 156 valence electrons. The van der Waals surface area contributed by atoms with Crippen molar-refractivity contribution >= 4 is 17.5 Å². The van der Waals surface area contributed by atoms with E-state index in [1.165, 1.54) is 11.1 Å². The van der Waals surface area contributed by atoms with E-state index in [-0.39, 0.29) is 23.0 Å². The second-order valence-electron chi connectivity index (χ2n) is 10.0. The summed E-state index contributed by atoms with van der Waals surface area (Å²) in [4.78, 5) is 37.2. The molecule has 0 heterocycles. The summed E-state index contributed by atoms with van der Waals surface area (Å²) in [6, 6.07) is 0. The van der Waals surface area contributed by atoms with Gasteiger partial charge in [-0.25, -0.2) is 0 Å². The Morgan fingerprint density at radius 1 is 1.17 bits per heavy atom. The normalized spacial score (nSPS) is 40.0. The minimum Gasteiger partial charge on any atom is -0.450 e. The van der Waals surface area contributed by atoms with Crippen LogP contribution in [0, 0.1) is 23.2 Å². The van der Waals surface area contributed by atoms with Gasteiger partial charge in [0.05, 0.1) is 0 Å². The van der Waals surface area contributed by atoms with Gasteiger partial charge in [0.2, 0.25) is 0 Å². The topological polar surface area (TPSA) is 60.4 Å². The molecule has 4 saturated carbocycles. The van der Waals surface area contributed by atoms with E-state index in [0.717, 1.165) is 57.8 Å². The molecule has 0 amide bonds. The minimum atomic E-state index is -0.820. The fourth-order valence-electron chi connectivity index (χ4n) is 7.57. The van der Waals surface area contributed by atoms with Crippen molar-refractivity contribution in [2.45, 2.75) is 89.6 Å². The molecule has 5 atom stereocenters. The Hall–Kier alpha value is -1.71. The van der Waals surface area contributed by atoms with Gasteiger partial charge in [-0.2, -0.15) is 0 Å². The van der Waals surface area contributed by atoms with Gasteiger partial charge in [-0.3, -0.25) is 14.4 Å². The molecule has 5 aliphatic rings. The van der Waals surface area contributed by atoms with Crippen molar-refractivity contribution in [2.24, 2.45) is 23.2 Å². The molecule has 4 heteroatoms. The molecule has 3 unspecified atom stereocenters. The van der Waals surface area contributed by atoms with Crippen LogP contribution in [0.2, 0.25) is 0 Å². The number of Topliss-reactive ketones (excluding diaryl/α,β-unsaturated/α-hetero) is 1. The Morgan fingerprint density at radius 3 is 2.83 bits per heavy atom. The fraction of sp³-hybridized carbons (Fsp3) is 0.720. The van der Waals surface area contributed by atoms with E-state index < -0.39 is 5.60 Å². The first kappa shape index (κ1) is 19.3. The molecule has 4 fully saturated rings. The third-order valence-corrected chi connectivity index (χ3v) is 8.83. The van der Waals surface area contributed by atoms with Crippen molar-refractivity contribution in [3.05, 3.63) is 23.3 Å². The largest absolute Gasteiger partial charge is 0.450 e. The lowest BCUT2D eigenvalue weighted by atomic mass is 9.44. The zero-order chi connectivity index (χ0) is 20.2. The monoisotopic (exact) mass is 396 g/mol. The number of fused-ring (bicyclic) bond motifs is 4. The molecule has 0 bridgehead atoms. The highest BCUT2D eigenvalue weighted by Gasteiger charge is 2.76. The average Bonchev–Trinajstić information content (AvgIpc) is 2.96. The summed E-state index contributed by atoms with van der Waals surface area (Å²) in [5.41, 5.74) is 1.74. The van der Waals surface area contributed by atoms with Crippen LogP contribution in [-0.2, 0) is 19.1 Å². The summed E-state index contributed by atoms with van der Waals surface area (Å²) in [6.07, 6.45) is 14.4. The van der Waals surface area contributed by atoms with E-state index in [0.29, 0.717) is 37.0 Å². The molecule has 5 aliphatic carbocycles. The van der Waals surface area contributed by atoms with Crippen LogP contribution in [0.25, 0.3) is 0 Å². The SMILES string of the molecule is CCCCCC(=O)O[C@@]12CCC3C4CCC5=CC(=O)CC=C5C4CC[C@]31CC2=O. The van der Waals surface area contributed by atoms with Crippen molar-refractivity contribution in [1.82, 2.24) is 0 Å². The molecule has 0 N–H and O–H groups in total. The van der Waals surface area contributed by atoms with Crippen LogP contribution >= 0.6 is 0 Å². The lowest BCUT2D eigenvalue weighted by Crippen LogP contribution is -2.68. The molecule has 0 aromatic heterocycles. The number of unbranched alkanes of at least 4 members (excludes halogenated alkanes) is 2. The Kier molecular flexibility index (Phi) is 4.60. The molecule has 0 aromatic rings. The number of ketones is 2. The highest BCUT2D eigenvalue weighted by molar-refractivity contribution is 5.98. The van der Waals surface area contributed by atoms with Crippen LogP contribution in [0.5, 0.6) is 0 Å². The van der Waals surface area contributed by atoms with Gasteiger partial charge in [-0.15, -0.1) is 0 Å². The second kappa shape index (κ2) is 6.92. The first-order valence-electron chi connectivity index (χ1n) is 11.7. The van der Waals surface area contributed by atoms with E-state index in [1.807, 2.05) is 6.08 Å². The highest BCUT2D eigenvalue weighted by Crippen LogP contribution is 2.72. The van der Waals surface area contributed by atoms with Gasteiger partial charge in [0.1, 0.15) is 0 Å². The summed E-state index contributed by atoms with van der Waals surface area (Å²) in [6.45, 7) is 2.12. The van der Waals surface area contributed by atoms with Crippen molar-refractivity contribution in [3.8, 4) is 0 Å². The lowest BCUT2D eigenvalue weighted by Gasteiger charge is -2.60. The summed E-state index contributed by atoms with van der Waals surface area (Å²) in [7, 11) is 0. The molecule has 29 heavy (non-hydrogen) atoms. The average molecular weight is 397 g/mol. The molecular weight excluding hydrogens is 364 g/mol. The Bertz CT molecular complexity index is 821. The third-order valence-electron chi connectivity index (χ3n) is 8.83. The van der Waals surface area contributed by atoms with Crippen LogP contribution in [0.15, 0.2) is 23.3 Å². The van der Waals surface area contributed by atoms with Gasteiger partial charge < -0.3 is 4.74 Å². The number of rotatable bonds is 5. The summed E-state index contributed by atoms with van der Waals surface area (Å²) in [5.74, 6) is 1.79. The molecule has 5 rings (SSSR count). The van der Waals surface area contributed by atoms with E-state index >= 15 is 0 Å². The molecule has 4 nitrogen and oxygen atoms in total. The fourth-order valence-corrected chi connectivity index (χ4v) is 7.57. The number of hydrogen-bond donors (Lipinski definition) is 0. The van der Waals surface area contributed by atoms with Gasteiger partial charge in [-0.05, 0) is 79.9 Å². The van der Waals surface area contributed by atoms with Gasteiger partial charge in [-0.1, -0.05) is 25.8 Å². The molecule has 0 radical (unpaired) electrons. The van der Waals surface area contributed by atoms with Crippen molar-refractivity contribution in [1.29, 1.82) is 0 Å². The van der Waals surface area contributed by atoms with Crippen LogP contribution in [0.3, 0.4) is 0 Å². The molecular formula is C25H32O4. The maximum Gasteiger partial charge on any atom is 0.306 e. The summed E-state index contributed by atoms with van der Waals surface area (Å²) in [5, 5.41) is 0. The number of ether oxygens (including phenoxy) is 1. The van der Waals surface area contributed by atoms with Crippen LogP contribution in [0.4, 0.5) is 0 Å². The van der Waals surface area contributed by atoms with Gasteiger partial charge >= 0.3 is 5.97 Å². The van der Waals surface area contributed by atoms with Crippen molar-refractivity contribution in [3.63, 3.8) is 0 Å². The predicted molar refractivity (Wildman–Crippen MR) is 109 cm³/mol. The first-order valence-corrected chi connectivity index (χ1v) is 11.7. The van der Waals surface area contributed by atoms with Crippen LogP contribution in [-0.4, -0.2) is 23.1 Å². The van der Waals surface area contributed by atoms with Gasteiger partial charge in [0, 0.05) is 24.7 Å². The smallest absolute Gasteiger partial charge is 0.306 e. The van der Waals surface area contributed by atoms with E-state index in [4.69, 9.17) is 4.74 Å².